The van der Waals surface area contributed by atoms with E-state index >= 15 is 0 Å². The highest BCUT2D eigenvalue weighted by molar-refractivity contribution is 5.92. The Morgan fingerprint density at radius 1 is 0.938 bits per heavy atom. The van der Waals surface area contributed by atoms with Gasteiger partial charge in [-0.3, -0.25) is 9.59 Å². The smallest absolute Gasteiger partial charge is 0.317 e. The molecule has 2 N–H and O–H groups in total. The Bertz CT molecular complexity index is 192. The zero-order chi connectivity index (χ0) is 11.7. The molecule has 0 heterocycles. The Morgan fingerprint density at radius 3 is 1.81 bits per heavy atom. The first-order chi connectivity index (χ1) is 7.09. The molecule has 0 aliphatic heterocycles. The minimum atomic E-state index is -1.23. The van der Waals surface area contributed by atoms with Crippen LogP contribution in [-0.2, 0) is 9.59 Å². The van der Waals surface area contributed by atoms with Crippen LogP contribution in [0.2, 0.25) is 0 Å². The molecular formula is C11H22MgO4. The fraction of sp³-hybridized carbons (Fsp3) is 0.818. The zero-order valence-corrected chi connectivity index (χ0v) is 9.24. The van der Waals surface area contributed by atoms with Gasteiger partial charge in [0.05, 0.1) is 0 Å². The van der Waals surface area contributed by atoms with Crippen LogP contribution in [0.4, 0.5) is 0 Å². The molecule has 4 nitrogen and oxygen atoms in total. The van der Waals surface area contributed by atoms with Crippen molar-refractivity contribution in [3.8, 4) is 0 Å². The molecule has 0 radical (unpaired) electrons. The largest absolute Gasteiger partial charge is 0.481 e. The van der Waals surface area contributed by atoms with Gasteiger partial charge in [0, 0.05) is 0 Å². The molecule has 0 aliphatic rings. The van der Waals surface area contributed by atoms with Crippen molar-refractivity contribution in [3.05, 3.63) is 0 Å². The Hall–Kier alpha value is -0.294. The third-order valence-corrected chi connectivity index (χ3v) is 2.44. The van der Waals surface area contributed by atoms with Crippen molar-refractivity contribution in [2.75, 3.05) is 0 Å². The van der Waals surface area contributed by atoms with Crippen molar-refractivity contribution in [2.24, 2.45) is 5.92 Å². The van der Waals surface area contributed by atoms with E-state index in [9.17, 15) is 9.59 Å². The minimum Gasteiger partial charge on any atom is -0.481 e. The zero-order valence-electron chi connectivity index (χ0n) is 9.24. The summed E-state index contributed by atoms with van der Waals surface area (Å²) in [6.07, 6.45) is 6.45. The minimum absolute atomic E-state index is 0. The second-order valence-corrected chi connectivity index (χ2v) is 3.79. The van der Waals surface area contributed by atoms with Gasteiger partial charge in [0.2, 0.25) is 0 Å². The number of carboxylic acids is 2. The van der Waals surface area contributed by atoms with Crippen LogP contribution in [0, 0.1) is 5.92 Å². The van der Waals surface area contributed by atoms with Crippen LogP contribution in [0.5, 0.6) is 0 Å². The number of unbranched alkanes of at least 4 members (excludes halogenated alkanes) is 5. The van der Waals surface area contributed by atoms with Crippen molar-refractivity contribution in [3.63, 3.8) is 0 Å². The van der Waals surface area contributed by atoms with E-state index in [0.717, 1.165) is 19.3 Å². The highest BCUT2D eigenvalue weighted by atomic mass is 24.3. The van der Waals surface area contributed by atoms with E-state index in [2.05, 4.69) is 6.92 Å². The highest BCUT2D eigenvalue weighted by Gasteiger charge is 2.24. The normalized spacial score (nSPS) is 9.88. The maximum Gasteiger partial charge on any atom is 0.317 e. The summed E-state index contributed by atoms with van der Waals surface area (Å²) in [6.45, 7) is 2.13. The summed E-state index contributed by atoms with van der Waals surface area (Å²) in [5, 5.41) is 17.2. The van der Waals surface area contributed by atoms with Gasteiger partial charge < -0.3 is 10.2 Å². The topological polar surface area (TPSA) is 74.6 Å². The van der Waals surface area contributed by atoms with E-state index in [-0.39, 0.29) is 29.5 Å². The van der Waals surface area contributed by atoms with Crippen LogP contribution < -0.4 is 0 Å². The summed E-state index contributed by atoms with van der Waals surface area (Å²) in [6, 6.07) is 0. The molecule has 92 valence electrons. The fourth-order valence-electron chi connectivity index (χ4n) is 1.48. The lowest BCUT2D eigenvalue weighted by Crippen LogP contribution is -2.23. The Kier molecular flexibility index (Phi) is 12.7. The third kappa shape index (κ3) is 8.97. The van der Waals surface area contributed by atoms with Crippen molar-refractivity contribution in [2.45, 2.75) is 51.9 Å². The maximum atomic E-state index is 10.5. The molecule has 0 aromatic rings. The molecule has 0 aromatic heterocycles. The fourth-order valence-corrected chi connectivity index (χ4v) is 1.48. The van der Waals surface area contributed by atoms with Gasteiger partial charge in [-0.1, -0.05) is 45.4 Å². The van der Waals surface area contributed by atoms with Gasteiger partial charge in [0.1, 0.15) is 0 Å². The molecular weight excluding hydrogens is 220 g/mol. The van der Waals surface area contributed by atoms with Gasteiger partial charge in [-0.25, -0.2) is 0 Å². The van der Waals surface area contributed by atoms with Crippen LogP contribution in [-0.4, -0.2) is 45.2 Å². The quantitative estimate of drug-likeness (QED) is 0.366. The average Bonchev–Trinajstić information content (AvgIpc) is 2.15. The van der Waals surface area contributed by atoms with Crippen LogP contribution in [0.1, 0.15) is 51.9 Å². The van der Waals surface area contributed by atoms with Gasteiger partial charge in [0.15, 0.2) is 5.92 Å². The number of aliphatic carboxylic acids is 2. The van der Waals surface area contributed by atoms with Crippen molar-refractivity contribution >= 4 is 35.0 Å². The molecule has 0 aliphatic carbocycles. The van der Waals surface area contributed by atoms with Crippen molar-refractivity contribution in [1.82, 2.24) is 0 Å². The lowest BCUT2D eigenvalue weighted by atomic mass is 10.0. The Labute approximate surface area is 113 Å². The number of carbonyl (C=O) groups is 2. The summed E-state index contributed by atoms with van der Waals surface area (Å²) >= 11 is 0. The molecule has 0 spiro atoms. The van der Waals surface area contributed by atoms with Gasteiger partial charge >= 0.3 is 35.0 Å². The summed E-state index contributed by atoms with van der Waals surface area (Å²) in [7, 11) is 0. The molecule has 0 atom stereocenters. The second-order valence-electron chi connectivity index (χ2n) is 3.79. The summed E-state index contributed by atoms with van der Waals surface area (Å²) in [5.74, 6) is -3.68. The summed E-state index contributed by atoms with van der Waals surface area (Å²) in [5.41, 5.74) is 0. The molecule has 0 unspecified atom stereocenters. The van der Waals surface area contributed by atoms with E-state index in [0.29, 0.717) is 6.42 Å². The van der Waals surface area contributed by atoms with Crippen LogP contribution >= 0.6 is 0 Å². The van der Waals surface area contributed by atoms with Crippen LogP contribution in [0.3, 0.4) is 0 Å². The average molecular weight is 243 g/mol. The van der Waals surface area contributed by atoms with Crippen molar-refractivity contribution < 1.29 is 19.8 Å². The standard InChI is InChI=1S/C11H20O4.Mg.2H/c1-2-3-4-5-6-7-8-9(10(12)13)11(14)15;;;/h9H,2-8H2,1H3,(H,12,13)(H,14,15);;;. The molecule has 0 rings (SSSR count). The van der Waals surface area contributed by atoms with Gasteiger partial charge in [0.25, 0.3) is 0 Å². The monoisotopic (exact) mass is 242 g/mol. The predicted octanol–water partition coefficient (Wildman–Crippen LogP) is 1.61. The molecule has 0 saturated carbocycles. The first-order valence-corrected chi connectivity index (χ1v) is 5.55. The summed E-state index contributed by atoms with van der Waals surface area (Å²) in [4.78, 5) is 21.1. The van der Waals surface area contributed by atoms with E-state index < -0.39 is 17.9 Å². The van der Waals surface area contributed by atoms with E-state index in [1.165, 1.54) is 12.8 Å². The van der Waals surface area contributed by atoms with E-state index in [1.807, 2.05) is 0 Å². The molecule has 0 saturated heterocycles. The number of rotatable bonds is 9. The number of carboxylic acid groups (broad SMARTS) is 2. The summed E-state index contributed by atoms with van der Waals surface area (Å²) < 4.78 is 0. The van der Waals surface area contributed by atoms with Gasteiger partial charge in [-0.05, 0) is 6.42 Å². The first kappa shape index (κ1) is 18.1. The lowest BCUT2D eigenvalue weighted by molar-refractivity contribution is -0.154. The lowest BCUT2D eigenvalue weighted by Gasteiger charge is -2.06. The molecule has 0 amide bonds. The maximum absolute atomic E-state index is 10.5. The molecule has 16 heavy (non-hydrogen) atoms. The van der Waals surface area contributed by atoms with Gasteiger partial charge in [-0.15, -0.1) is 0 Å². The highest BCUT2D eigenvalue weighted by Crippen LogP contribution is 2.12. The Balaban J connectivity index is 0. The van der Waals surface area contributed by atoms with Gasteiger partial charge in [-0.2, -0.15) is 0 Å². The third-order valence-electron chi connectivity index (χ3n) is 2.44. The number of hydrogen-bond acceptors (Lipinski definition) is 2. The van der Waals surface area contributed by atoms with Crippen LogP contribution in [0.15, 0.2) is 0 Å². The van der Waals surface area contributed by atoms with Crippen molar-refractivity contribution in [1.29, 1.82) is 0 Å². The molecule has 0 aromatic carbocycles. The van der Waals surface area contributed by atoms with Crippen LogP contribution in [0.25, 0.3) is 0 Å². The van der Waals surface area contributed by atoms with E-state index in [1.54, 1.807) is 0 Å². The second kappa shape index (κ2) is 11.2. The Morgan fingerprint density at radius 2 is 1.38 bits per heavy atom. The number of hydrogen-bond donors (Lipinski definition) is 2. The SMILES string of the molecule is CCCCCCCCC(C(=O)O)C(=O)O.[MgH2]. The van der Waals surface area contributed by atoms with E-state index in [4.69, 9.17) is 10.2 Å². The molecule has 0 fully saturated rings. The molecule has 5 heteroatoms. The molecule has 0 bridgehead atoms. The predicted molar refractivity (Wildman–Crippen MR) is 65.3 cm³/mol. The first-order valence-electron chi connectivity index (χ1n) is 5.55.